The van der Waals surface area contributed by atoms with Crippen LogP contribution in [0.2, 0.25) is 0 Å². The highest BCUT2D eigenvalue weighted by Crippen LogP contribution is 2.24. The van der Waals surface area contributed by atoms with Gasteiger partial charge in [0.25, 0.3) is 0 Å². The Morgan fingerprint density at radius 1 is 0.857 bits per heavy atom. The van der Waals surface area contributed by atoms with E-state index in [4.69, 9.17) is 0 Å². The summed E-state index contributed by atoms with van der Waals surface area (Å²) in [4.78, 5) is 19.3. The van der Waals surface area contributed by atoms with Gasteiger partial charge in [0, 0.05) is 5.69 Å². The minimum absolute atomic E-state index is 0.0718. The van der Waals surface area contributed by atoms with Gasteiger partial charge in [0.15, 0.2) is 10.9 Å². The molecule has 0 fully saturated rings. The number of para-hydroxylation sites is 3. The molecule has 3 aromatic rings. The summed E-state index contributed by atoms with van der Waals surface area (Å²) >= 11 is 0. The molecule has 21 heavy (non-hydrogen) atoms. The van der Waals surface area contributed by atoms with E-state index < -0.39 is 5.03 Å². The molecule has 0 aliphatic heterocycles. The van der Waals surface area contributed by atoms with Crippen molar-refractivity contribution in [1.82, 2.24) is 9.97 Å². The van der Waals surface area contributed by atoms with E-state index in [1.165, 1.54) is 0 Å². The van der Waals surface area contributed by atoms with Crippen LogP contribution in [-0.2, 0) is 0 Å². The van der Waals surface area contributed by atoms with Gasteiger partial charge < -0.3 is 5.32 Å². The Morgan fingerprint density at radius 2 is 1.43 bits per heavy atom. The predicted molar refractivity (Wildman–Crippen MR) is 79.9 cm³/mol. The first-order chi connectivity index (χ1) is 10.2. The van der Waals surface area contributed by atoms with Gasteiger partial charge in [-0.05, 0) is 24.3 Å². The number of rotatable bonds is 4. The molecule has 0 aliphatic carbocycles. The summed E-state index contributed by atoms with van der Waals surface area (Å²) < 4.78 is 0. The van der Waals surface area contributed by atoms with E-state index in [-0.39, 0.29) is 5.82 Å². The number of fused-ring (bicyclic) bond motifs is 1. The highest BCUT2D eigenvalue weighted by Gasteiger charge is 2.13. The maximum absolute atomic E-state index is 10.7. The van der Waals surface area contributed by atoms with Crippen LogP contribution >= 0.6 is 0 Å². The average Bonchev–Trinajstić information content (AvgIpc) is 2.48. The van der Waals surface area contributed by atoms with Crippen LogP contribution in [0.3, 0.4) is 0 Å². The molecule has 104 valence electrons. The fraction of sp³-hybridized carbons (Fsp3) is 0. The largest absolute Gasteiger partial charge is 0.337 e. The predicted octanol–water partition coefficient (Wildman–Crippen LogP) is 2.98. The number of nitrogens with zero attached hydrogens (tertiary/aromatic N) is 3. The fourth-order valence-electron chi connectivity index (χ4n) is 1.91. The quantitative estimate of drug-likeness (QED) is 0.564. The summed E-state index contributed by atoms with van der Waals surface area (Å²) in [5.74, 6) is 0.374. The van der Waals surface area contributed by atoms with Crippen LogP contribution in [0.1, 0.15) is 0 Å². The van der Waals surface area contributed by atoms with Gasteiger partial charge in [-0.2, -0.15) is 0 Å². The second kappa shape index (κ2) is 5.41. The summed E-state index contributed by atoms with van der Waals surface area (Å²) in [6, 6.07) is 16.5. The molecule has 0 amide bonds. The second-order valence-corrected chi connectivity index (χ2v) is 4.27. The Balaban J connectivity index is 2.07. The second-order valence-electron chi connectivity index (χ2n) is 4.27. The van der Waals surface area contributed by atoms with Crippen molar-refractivity contribution in [3.63, 3.8) is 0 Å². The van der Waals surface area contributed by atoms with Crippen LogP contribution in [0, 0.1) is 10.1 Å². The third-order valence-electron chi connectivity index (χ3n) is 2.80. The molecule has 2 N–H and O–H groups in total. The Hall–Kier alpha value is -3.22. The van der Waals surface area contributed by atoms with Crippen LogP contribution in [0.5, 0.6) is 0 Å². The third kappa shape index (κ3) is 2.86. The highest BCUT2D eigenvalue weighted by atomic mass is 16.7. The summed E-state index contributed by atoms with van der Waals surface area (Å²) in [7, 11) is 0. The van der Waals surface area contributed by atoms with E-state index in [0.29, 0.717) is 16.9 Å². The molecular weight excluding hydrogens is 270 g/mol. The van der Waals surface area contributed by atoms with Gasteiger partial charge in [-0.1, -0.05) is 35.8 Å². The lowest BCUT2D eigenvalue weighted by atomic mass is 10.3. The van der Waals surface area contributed by atoms with Crippen molar-refractivity contribution in [2.75, 3.05) is 10.7 Å². The van der Waals surface area contributed by atoms with Gasteiger partial charge in [0.2, 0.25) is 5.82 Å². The number of hydrogen-bond acceptors (Lipinski definition) is 5. The number of hydrazine groups is 1. The molecule has 0 aliphatic rings. The van der Waals surface area contributed by atoms with Crippen LogP contribution in [-0.4, -0.2) is 15.0 Å². The molecule has 1 heterocycles. The standard InChI is InChI=1S/C14H11N5O2/c20-19(21)18-14-13(15-10-6-2-1-3-7-10)16-11-8-4-5-9-12(11)17-14/h1-9H,(H,15,16)(H,17,18). The number of aromatic nitrogens is 2. The fourth-order valence-corrected chi connectivity index (χ4v) is 1.91. The van der Waals surface area contributed by atoms with E-state index in [1.807, 2.05) is 36.4 Å². The van der Waals surface area contributed by atoms with E-state index in [1.54, 1.807) is 18.2 Å². The zero-order valence-electron chi connectivity index (χ0n) is 10.9. The van der Waals surface area contributed by atoms with Gasteiger partial charge in [0.1, 0.15) is 0 Å². The molecule has 0 radical (unpaired) electrons. The van der Waals surface area contributed by atoms with E-state index in [9.17, 15) is 10.1 Å². The Labute approximate surface area is 119 Å². The maximum atomic E-state index is 10.7. The lowest BCUT2D eigenvalue weighted by Crippen LogP contribution is -2.12. The monoisotopic (exact) mass is 281 g/mol. The molecule has 0 saturated carbocycles. The molecule has 0 unspecified atom stereocenters. The molecule has 0 atom stereocenters. The molecule has 2 aromatic carbocycles. The van der Waals surface area contributed by atoms with Crippen LogP contribution in [0.4, 0.5) is 17.3 Å². The average molecular weight is 281 g/mol. The van der Waals surface area contributed by atoms with Gasteiger partial charge in [-0.15, -0.1) is 0 Å². The first-order valence-electron chi connectivity index (χ1n) is 6.22. The summed E-state index contributed by atoms with van der Waals surface area (Å²) in [5, 5.41) is 13.1. The Kier molecular flexibility index (Phi) is 3.30. The number of hydrogen-bond donors (Lipinski definition) is 2. The molecular formula is C14H11N5O2. The molecule has 3 rings (SSSR count). The summed E-state index contributed by atoms with van der Waals surface area (Å²) in [6.45, 7) is 0. The summed E-state index contributed by atoms with van der Waals surface area (Å²) in [5.41, 5.74) is 4.08. The van der Waals surface area contributed by atoms with Crippen molar-refractivity contribution in [3.05, 3.63) is 64.7 Å². The zero-order chi connectivity index (χ0) is 14.7. The molecule has 7 heteroatoms. The number of benzene rings is 2. The van der Waals surface area contributed by atoms with Crippen molar-refractivity contribution in [2.24, 2.45) is 0 Å². The first-order valence-corrected chi connectivity index (χ1v) is 6.22. The number of nitro groups is 1. The topological polar surface area (TPSA) is 93.0 Å². The van der Waals surface area contributed by atoms with Crippen molar-refractivity contribution >= 4 is 28.4 Å². The number of anilines is 3. The lowest BCUT2D eigenvalue weighted by Gasteiger charge is -2.09. The van der Waals surface area contributed by atoms with Gasteiger partial charge >= 0.3 is 0 Å². The van der Waals surface area contributed by atoms with Crippen molar-refractivity contribution in [1.29, 1.82) is 0 Å². The Bertz CT molecular complexity index is 792. The first kappa shape index (κ1) is 12.8. The smallest absolute Gasteiger partial charge is 0.234 e. The van der Waals surface area contributed by atoms with Gasteiger partial charge in [-0.3, -0.25) is 0 Å². The van der Waals surface area contributed by atoms with Crippen LogP contribution in [0.25, 0.3) is 11.0 Å². The molecule has 1 aromatic heterocycles. The maximum Gasteiger partial charge on any atom is 0.234 e. The Morgan fingerprint density at radius 3 is 2.05 bits per heavy atom. The third-order valence-corrected chi connectivity index (χ3v) is 2.80. The zero-order valence-corrected chi connectivity index (χ0v) is 10.9. The van der Waals surface area contributed by atoms with Crippen molar-refractivity contribution in [2.45, 2.75) is 0 Å². The molecule has 0 bridgehead atoms. The summed E-state index contributed by atoms with van der Waals surface area (Å²) in [6.07, 6.45) is 0. The van der Waals surface area contributed by atoms with Gasteiger partial charge in [0.05, 0.1) is 11.0 Å². The van der Waals surface area contributed by atoms with E-state index in [2.05, 4.69) is 20.7 Å². The van der Waals surface area contributed by atoms with E-state index >= 15 is 0 Å². The molecule has 0 spiro atoms. The number of nitrogens with one attached hydrogen (secondary N) is 2. The minimum Gasteiger partial charge on any atom is -0.337 e. The minimum atomic E-state index is -0.658. The van der Waals surface area contributed by atoms with Crippen LogP contribution < -0.4 is 10.7 Å². The lowest BCUT2D eigenvalue weighted by molar-refractivity contribution is -0.445. The van der Waals surface area contributed by atoms with Crippen LogP contribution in [0.15, 0.2) is 54.6 Å². The molecule has 7 nitrogen and oxygen atoms in total. The highest BCUT2D eigenvalue weighted by molar-refractivity contribution is 5.81. The van der Waals surface area contributed by atoms with Gasteiger partial charge in [-0.25, -0.2) is 20.1 Å². The molecule has 0 saturated heterocycles. The SMILES string of the molecule is O=[N+]([O-])Nc1nc2ccccc2nc1Nc1ccccc1. The van der Waals surface area contributed by atoms with Crippen molar-refractivity contribution in [3.8, 4) is 0 Å². The normalized spacial score (nSPS) is 10.3. The van der Waals surface area contributed by atoms with Crippen molar-refractivity contribution < 1.29 is 5.03 Å². The van der Waals surface area contributed by atoms with E-state index in [0.717, 1.165) is 5.69 Å².